The van der Waals surface area contributed by atoms with Crippen LogP contribution in [0.25, 0.3) is 11.1 Å². The number of halogens is 1. The Kier molecular flexibility index (Phi) is 6.28. The van der Waals surface area contributed by atoms with E-state index in [1.54, 1.807) is 42.7 Å². The highest BCUT2D eigenvalue weighted by molar-refractivity contribution is 5.95. The van der Waals surface area contributed by atoms with Crippen molar-refractivity contribution in [3.05, 3.63) is 108 Å². The second kappa shape index (κ2) is 9.63. The lowest BCUT2D eigenvalue weighted by atomic mass is 10.1. The minimum absolute atomic E-state index is 0.132. The summed E-state index contributed by atoms with van der Waals surface area (Å²) < 4.78 is 13.1. The summed E-state index contributed by atoms with van der Waals surface area (Å²) in [7, 11) is 0. The molecular formula is C25H21FN4O. The van der Waals surface area contributed by atoms with E-state index in [-0.39, 0.29) is 11.7 Å². The van der Waals surface area contributed by atoms with Crippen LogP contribution >= 0.6 is 0 Å². The standard InChI is InChI=1S/C25H21FN4O/c26-22-11-9-19(10-12-22)21-16-28-25(29-17-21)30-23-8-4-7-20(15-23)24(31)27-14-13-18-5-2-1-3-6-18/h1-12,15-17H,13-14H2,(H,27,31)(H,28,29,30). The molecule has 1 aromatic heterocycles. The second-order valence-corrected chi connectivity index (χ2v) is 7.00. The maximum absolute atomic E-state index is 13.1. The molecule has 0 aliphatic rings. The van der Waals surface area contributed by atoms with Gasteiger partial charge < -0.3 is 10.6 Å². The van der Waals surface area contributed by atoms with Gasteiger partial charge in [0.05, 0.1) is 0 Å². The molecule has 4 aromatic rings. The first-order valence-corrected chi connectivity index (χ1v) is 9.94. The molecule has 0 bridgehead atoms. The fourth-order valence-electron chi connectivity index (χ4n) is 3.12. The van der Waals surface area contributed by atoms with Gasteiger partial charge in [0.1, 0.15) is 5.82 Å². The predicted molar refractivity (Wildman–Crippen MR) is 120 cm³/mol. The Labute approximate surface area is 180 Å². The molecule has 6 heteroatoms. The van der Waals surface area contributed by atoms with Crippen LogP contribution in [0.3, 0.4) is 0 Å². The fourth-order valence-corrected chi connectivity index (χ4v) is 3.12. The van der Waals surface area contributed by atoms with E-state index < -0.39 is 0 Å². The molecule has 0 aliphatic heterocycles. The van der Waals surface area contributed by atoms with Crippen molar-refractivity contribution in [2.75, 3.05) is 11.9 Å². The summed E-state index contributed by atoms with van der Waals surface area (Å²) in [6, 6.07) is 23.4. The van der Waals surface area contributed by atoms with Gasteiger partial charge in [0.15, 0.2) is 0 Å². The first-order chi connectivity index (χ1) is 15.2. The molecule has 0 radical (unpaired) electrons. The van der Waals surface area contributed by atoms with Gasteiger partial charge >= 0.3 is 0 Å². The molecule has 0 spiro atoms. The van der Waals surface area contributed by atoms with Crippen LogP contribution in [0.15, 0.2) is 91.3 Å². The number of hydrogen-bond donors (Lipinski definition) is 2. The van der Waals surface area contributed by atoms with Crippen LogP contribution in [-0.4, -0.2) is 22.4 Å². The summed E-state index contributed by atoms with van der Waals surface area (Å²) in [5.41, 5.74) is 4.07. The molecule has 0 aliphatic carbocycles. The Morgan fingerprint density at radius 3 is 2.32 bits per heavy atom. The van der Waals surface area contributed by atoms with Crippen LogP contribution < -0.4 is 10.6 Å². The first-order valence-electron chi connectivity index (χ1n) is 9.94. The lowest BCUT2D eigenvalue weighted by molar-refractivity contribution is 0.0954. The summed E-state index contributed by atoms with van der Waals surface area (Å²) >= 11 is 0. The van der Waals surface area contributed by atoms with Crippen LogP contribution in [0.4, 0.5) is 16.0 Å². The van der Waals surface area contributed by atoms with Gasteiger partial charge in [-0.15, -0.1) is 0 Å². The van der Waals surface area contributed by atoms with Gasteiger partial charge in [-0.05, 0) is 47.9 Å². The molecule has 1 amide bonds. The Hall–Kier alpha value is -4.06. The highest BCUT2D eigenvalue weighted by atomic mass is 19.1. The lowest BCUT2D eigenvalue weighted by Gasteiger charge is -2.09. The SMILES string of the molecule is O=C(NCCc1ccccc1)c1cccc(Nc2ncc(-c3ccc(F)cc3)cn2)c1. The summed E-state index contributed by atoms with van der Waals surface area (Å²) in [4.78, 5) is 21.1. The first kappa shape index (κ1) is 20.2. The zero-order chi connectivity index (χ0) is 21.5. The molecule has 4 rings (SSSR count). The lowest BCUT2D eigenvalue weighted by Crippen LogP contribution is -2.25. The molecule has 5 nitrogen and oxygen atoms in total. The molecule has 0 saturated heterocycles. The van der Waals surface area contributed by atoms with Gasteiger partial charge in [-0.3, -0.25) is 4.79 Å². The monoisotopic (exact) mass is 412 g/mol. The van der Waals surface area contributed by atoms with E-state index in [0.29, 0.717) is 23.7 Å². The highest BCUT2D eigenvalue weighted by Crippen LogP contribution is 2.20. The Morgan fingerprint density at radius 2 is 1.58 bits per heavy atom. The molecule has 3 aromatic carbocycles. The summed E-state index contributed by atoms with van der Waals surface area (Å²) in [6.07, 6.45) is 4.12. The summed E-state index contributed by atoms with van der Waals surface area (Å²) in [5.74, 6) is -0.00778. The molecule has 0 saturated carbocycles. The van der Waals surface area contributed by atoms with Gasteiger partial charge in [-0.25, -0.2) is 14.4 Å². The molecule has 154 valence electrons. The van der Waals surface area contributed by atoms with Crippen LogP contribution in [-0.2, 0) is 6.42 Å². The van der Waals surface area contributed by atoms with Gasteiger partial charge in [0.25, 0.3) is 5.91 Å². The number of anilines is 2. The van der Waals surface area contributed by atoms with E-state index in [9.17, 15) is 9.18 Å². The molecule has 31 heavy (non-hydrogen) atoms. The van der Waals surface area contributed by atoms with Crippen LogP contribution in [0.2, 0.25) is 0 Å². The average Bonchev–Trinajstić information content (AvgIpc) is 2.81. The van der Waals surface area contributed by atoms with Gasteiger partial charge in [-0.2, -0.15) is 0 Å². The molecule has 0 unspecified atom stereocenters. The van der Waals surface area contributed by atoms with E-state index in [0.717, 1.165) is 17.5 Å². The third-order valence-electron chi connectivity index (χ3n) is 4.75. The van der Waals surface area contributed by atoms with E-state index in [1.807, 2.05) is 36.4 Å². The van der Waals surface area contributed by atoms with Crippen molar-refractivity contribution in [2.24, 2.45) is 0 Å². The number of hydrogen-bond acceptors (Lipinski definition) is 4. The van der Waals surface area contributed by atoms with Crippen molar-refractivity contribution in [3.63, 3.8) is 0 Å². The highest BCUT2D eigenvalue weighted by Gasteiger charge is 2.07. The average molecular weight is 412 g/mol. The predicted octanol–water partition coefficient (Wildman–Crippen LogP) is 5.00. The van der Waals surface area contributed by atoms with Crippen LogP contribution in [0.1, 0.15) is 15.9 Å². The third kappa shape index (κ3) is 5.51. The van der Waals surface area contributed by atoms with Crippen molar-refractivity contribution in [1.82, 2.24) is 15.3 Å². The maximum atomic E-state index is 13.1. The fraction of sp³-hybridized carbons (Fsp3) is 0.0800. The third-order valence-corrected chi connectivity index (χ3v) is 4.75. The van der Waals surface area contributed by atoms with Gasteiger partial charge in [0.2, 0.25) is 5.95 Å². The number of aromatic nitrogens is 2. The molecule has 1 heterocycles. The maximum Gasteiger partial charge on any atom is 0.251 e. The molecular weight excluding hydrogens is 391 g/mol. The quantitative estimate of drug-likeness (QED) is 0.448. The summed E-state index contributed by atoms with van der Waals surface area (Å²) in [5, 5.41) is 6.05. The summed E-state index contributed by atoms with van der Waals surface area (Å²) in [6.45, 7) is 0.564. The Bertz CT molecular complexity index is 1150. The number of nitrogens with one attached hydrogen (secondary N) is 2. The minimum atomic E-state index is -0.285. The van der Waals surface area contributed by atoms with Crippen molar-refractivity contribution >= 4 is 17.5 Å². The largest absolute Gasteiger partial charge is 0.352 e. The van der Waals surface area contributed by atoms with E-state index in [4.69, 9.17) is 0 Å². The van der Waals surface area contributed by atoms with Crippen molar-refractivity contribution in [1.29, 1.82) is 0 Å². The topological polar surface area (TPSA) is 66.9 Å². The molecule has 0 fully saturated rings. The Balaban J connectivity index is 1.36. The Morgan fingerprint density at radius 1 is 0.839 bits per heavy atom. The minimum Gasteiger partial charge on any atom is -0.352 e. The smallest absolute Gasteiger partial charge is 0.251 e. The van der Waals surface area contributed by atoms with E-state index >= 15 is 0 Å². The van der Waals surface area contributed by atoms with Crippen molar-refractivity contribution in [3.8, 4) is 11.1 Å². The normalized spacial score (nSPS) is 10.5. The van der Waals surface area contributed by atoms with E-state index in [2.05, 4.69) is 20.6 Å². The number of carbonyl (C=O) groups is 1. The van der Waals surface area contributed by atoms with Gasteiger partial charge in [0, 0.05) is 35.8 Å². The van der Waals surface area contributed by atoms with Gasteiger partial charge in [-0.1, -0.05) is 48.5 Å². The molecule has 0 atom stereocenters. The number of rotatable bonds is 7. The second-order valence-electron chi connectivity index (χ2n) is 7.00. The zero-order valence-electron chi connectivity index (χ0n) is 16.8. The van der Waals surface area contributed by atoms with Crippen LogP contribution in [0.5, 0.6) is 0 Å². The zero-order valence-corrected chi connectivity index (χ0v) is 16.8. The van der Waals surface area contributed by atoms with E-state index in [1.165, 1.54) is 17.7 Å². The van der Waals surface area contributed by atoms with Crippen molar-refractivity contribution in [2.45, 2.75) is 6.42 Å². The molecule has 2 N–H and O–H groups in total. The number of amides is 1. The number of nitrogens with zero attached hydrogens (tertiary/aromatic N) is 2. The van der Waals surface area contributed by atoms with Crippen molar-refractivity contribution < 1.29 is 9.18 Å². The number of carbonyl (C=O) groups excluding carboxylic acids is 1. The van der Waals surface area contributed by atoms with Crippen LogP contribution in [0, 0.1) is 5.82 Å². The number of benzene rings is 3.